The van der Waals surface area contributed by atoms with Crippen LogP contribution in [0.2, 0.25) is 0 Å². The molecule has 15 heavy (non-hydrogen) atoms. The summed E-state index contributed by atoms with van der Waals surface area (Å²) in [6, 6.07) is 7.03. The molecule has 1 aromatic rings. The summed E-state index contributed by atoms with van der Waals surface area (Å²) in [5.41, 5.74) is 1.24. The quantitative estimate of drug-likeness (QED) is 0.738. The fraction of sp³-hybridized carbons (Fsp3) is 0.333. The Bertz CT molecular complexity index is 360. The normalized spacial score (nSPS) is 15.9. The van der Waals surface area contributed by atoms with Crippen molar-refractivity contribution in [3.63, 3.8) is 0 Å². The van der Waals surface area contributed by atoms with Gasteiger partial charge in [0.15, 0.2) is 11.5 Å². The number of para-hydroxylation sites is 2. The number of benzene rings is 1. The molecule has 0 atom stereocenters. The van der Waals surface area contributed by atoms with Gasteiger partial charge in [-0.15, -0.1) is 0 Å². The van der Waals surface area contributed by atoms with Crippen molar-refractivity contribution in [1.82, 2.24) is 5.32 Å². The van der Waals surface area contributed by atoms with Crippen LogP contribution in [0.5, 0.6) is 11.5 Å². The minimum Gasteiger partial charge on any atom is -0.504 e. The highest BCUT2D eigenvalue weighted by Crippen LogP contribution is 2.24. The summed E-state index contributed by atoms with van der Waals surface area (Å²) in [5, 5.41) is 12.8. The molecule has 0 spiro atoms. The van der Waals surface area contributed by atoms with Crippen molar-refractivity contribution in [2.24, 2.45) is 0 Å². The second kappa shape index (κ2) is 4.84. The van der Waals surface area contributed by atoms with E-state index in [9.17, 15) is 5.11 Å². The number of rotatable bonds is 3. The van der Waals surface area contributed by atoms with E-state index in [-0.39, 0.29) is 5.75 Å². The maximum absolute atomic E-state index is 9.48. The van der Waals surface area contributed by atoms with Gasteiger partial charge < -0.3 is 15.2 Å². The minimum atomic E-state index is 0.196. The monoisotopic (exact) mass is 205 g/mol. The summed E-state index contributed by atoms with van der Waals surface area (Å²) in [5.74, 6) is 0.742. The first kappa shape index (κ1) is 10.1. The third kappa shape index (κ3) is 2.73. The molecule has 2 N–H and O–H groups in total. The third-order valence-corrected chi connectivity index (χ3v) is 2.38. The molecule has 2 rings (SSSR count). The summed E-state index contributed by atoms with van der Waals surface area (Å²) in [6.45, 7) is 2.47. The van der Waals surface area contributed by atoms with Crippen molar-refractivity contribution in [1.29, 1.82) is 0 Å². The predicted molar refractivity (Wildman–Crippen MR) is 59.2 cm³/mol. The average molecular weight is 205 g/mol. The Morgan fingerprint density at radius 1 is 1.33 bits per heavy atom. The number of hydrogen-bond donors (Lipinski definition) is 2. The van der Waals surface area contributed by atoms with Crippen molar-refractivity contribution in [2.75, 3.05) is 19.7 Å². The molecule has 0 aliphatic carbocycles. The van der Waals surface area contributed by atoms with Gasteiger partial charge in [-0.05, 0) is 30.7 Å². The van der Waals surface area contributed by atoms with E-state index < -0.39 is 0 Å². The fourth-order valence-corrected chi connectivity index (χ4v) is 1.56. The molecule has 0 amide bonds. The summed E-state index contributed by atoms with van der Waals surface area (Å²) < 4.78 is 5.52. The van der Waals surface area contributed by atoms with Crippen molar-refractivity contribution < 1.29 is 9.84 Å². The van der Waals surface area contributed by atoms with Crippen LogP contribution in [0, 0.1) is 0 Å². The molecule has 0 fully saturated rings. The Kier molecular flexibility index (Phi) is 3.25. The highest BCUT2D eigenvalue weighted by atomic mass is 16.5. The van der Waals surface area contributed by atoms with Gasteiger partial charge in [0.2, 0.25) is 0 Å². The average Bonchev–Trinajstić information content (AvgIpc) is 2.29. The van der Waals surface area contributed by atoms with Gasteiger partial charge in [0, 0.05) is 6.54 Å². The lowest BCUT2D eigenvalue weighted by molar-refractivity contribution is 0.323. The molecule has 0 saturated heterocycles. The molecule has 1 heterocycles. The first-order valence-corrected chi connectivity index (χ1v) is 5.15. The highest BCUT2D eigenvalue weighted by Gasteiger charge is 2.05. The summed E-state index contributed by atoms with van der Waals surface area (Å²) >= 11 is 0. The molecular formula is C12H15NO2. The van der Waals surface area contributed by atoms with Gasteiger partial charge in [-0.1, -0.05) is 18.2 Å². The lowest BCUT2D eigenvalue weighted by atomic mass is 10.2. The van der Waals surface area contributed by atoms with Crippen LogP contribution in [0.3, 0.4) is 0 Å². The Morgan fingerprint density at radius 2 is 2.20 bits per heavy atom. The first-order valence-electron chi connectivity index (χ1n) is 5.15. The second-order valence-electron chi connectivity index (χ2n) is 3.58. The maximum Gasteiger partial charge on any atom is 0.161 e. The van der Waals surface area contributed by atoms with Gasteiger partial charge in [-0.3, -0.25) is 0 Å². The maximum atomic E-state index is 9.48. The predicted octanol–water partition coefficient (Wildman–Crippen LogP) is 1.69. The Labute approximate surface area is 89.4 Å². The molecule has 1 aliphatic heterocycles. The number of aromatic hydroxyl groups is 1. The van der Waals surface area contributed by atoms with E-state index in [1.54, 1.807) is 18.2 Å². The van der Waals surface area contributed by atoms with Crippen LogP contribution in [0.4, 0.5) is 0 Å². The van der Waals surface area contributed by atoms with E-state index in [0.717, 1.165) is 19.5 Å². The van der Waals surface area contributed by atoms with Gasteiger partial charge in [-0.25, -0.2) is 0 Å². The zero-order chi connectivity index (χ0) is 10.5. The summed E-state index contributed by atoms with van der Waals surface area (Å²) in [4.78, 5) is 0. The van der Waals surface area contributed by atoms with E-state index in [0.29, 0.717) is 12.4 Å². The van der Waals surface area contributed by atoms with Crippen LogP contribution in [0.1, 0.15) is 6.42 Å². The molecule has 1 aromatic carbocycles. The zero-order valence-corrected chi connectivity index (χ0v) is 8.57. The van der Waals surface area contributed by atoms with Crippen LogP contribution in [-0.4, -0.2) is 24.8 Å². The number of nitrogens with one attached hydrogen (secondary N) is 1. The van der Waals surface area contributed by atoms with Crippen molar-refractivity contribution in [2.45, 2.75) is 6.42 Å². The zero-order valence-electron chi connectivity index (χ0n) is 8.57. The number of phenolic OH excluding ortho intramolecular Hbond substituents is 1. The number of phenols is 1. The van der Waals surface area contributed by atoms with Crippen molar-refractivity contribution in [3.05, 3.63) is 35.9 Å². The van der Waals surface area contributed by atoms with E-state index in [2.05, 4.69) is 11.4 Å². The molecule has 0 bridgehead atoms. The van der Waals surface area contributed by atoms with E-state index in [1.165, 1.54) is 5.57 Å². The fourth-order valence-electron chi connectivity index (χ4n) is 1.56. The lowest BCUT2D eigenvalue weighted by Gasteiger charge is -2.15. The van der Waals surface area contributed by atoms with Crippen LogP contribution < -0.4 is 10.1 Å². The Balaban J connectivity index is 1.93. The lowest BCUT2D eigenvalue weighted by Crippen LogP contribution is -2.24. The van der Waals surface area contributed by atoms with Gasteiger partial charge >= 0.3 is 0 Å². The highest BCUT2D eigenvalue weighted by molar-refractivity contribution is 5.38. The van der Waals surface area contributed by atoms with E-state index in [1.807, 2.05) is 6.07 Å². The first-order chi connectivity index (χ1) is 7.36. The topological polar surface area (TPSA) is 41.5 Å². The van der Waals surface area contributed by atoms with Crippen LogP contribution in [0.25, 0.3) is 0 Å². The number of ether oxygens (including phenoxy) is 1. The largest absolute Gasteiger partial charge is 0.504 e. The van der Waals surface area contributed by atoms with Crippen LogP contribution in [0.15, 0.2) is 35.9 Å². The molecule has 3 nitrogen and oxygen atoms in total. The van der Waals surface area contributed by atoms with Gasteiger partial charge in [-0.2, -0.15) is 0 Å². The van der Waals surface area contributed by atoms with E-state index in [4.69, 9.17) is 4.74 Å². The minimum absolute atomic E-state index is 0.196. The van der Waals surface area contributed by atoms with Crippen LogP contribution >= 0.6 is 0 Å². The van der Waals surface area contributed by atoms with Crippen molar-refractivity contribution in [3.8, 4) is 11.5 Å². The molecule has 3 heteroatoms. The third-order valence-electron chi connectivity index (χ3n) is 2.38. The second-order valence-corrected chi connectivity index (χ2v) is 3.58. The molecular weight excluding hydrogens is 190 g/mol. The molecule has 0 unspecified atom stereocenters. The Morgan fingerprint density at radius 3 is 2.93 bits per heavy atom. The van der Waals surface area contributed by atoms with Crippen molar-refractivity contribution >= 4 is 0 Å². The smallest absolute Gasteiger partial charge is 0.161 e. The SMILES string of the molecule is Oc1ccccc1OCC1=CCCNC1. The van der Waals surface area contributed by atoms with Crippen LogP contribution in [-0.2, 0) is 0 Å². The van der Waals surface area contributed by atoms with Gasteiger partial charge in [0.1, 0.15) is 6.61 Å². The van der Waals surface area contributed by atoms with E-state index >= 15 is 0 Å². The summed E-state index contributed by atoms with van der Waals surface area (Å²) in [6.07, 6.45) is 3.25. The van der Waals surface area contributed by atoms with Gasteiger partial charge in [0.05, 0.1) is 0 Å². The molecule has 0 radical (unpaired) electrons. The number of hydrogen-bond acceptors (Lipinski definition) is 3. The molecule has 0 aromatic heterocycles. The summed E-state index contributed by atoms with van der Waals surface area (Å²) in [7, 11) is 0. The Hall–Kier alpha value is -1.48. The molecule has 0 saturated carbocycles. The molecule has 80 valence electrons. The van der Waals surface area contributed by atoms with Gasteiger partial charge in [0.25, 0.3) is 0 Å². The molecule has 1 aliphatic rings. The standard InChI is InChI=1S/C12H15NO2/c14-11-5-1-2-6-12(11)15-9-10-4-3-7-13-8-10/h1-2,4-6,13-14H,3,7-9H2.